The van der Waals surface area contributed by atoms with Crippen molar-refractivity contribution in [3.63, 3.8) is 0 Å². The van der Waals surface area contributed by atoms with Gasteiger partial charge < -0.3 is 10.4 Å². The van der Waals surface area contributed by atoms with Crippen LogP contribution in [-0.4, -0.2) is 17.6 Å². The molecule has 15 heavy (non-hydrogen) atoms. The molecule has 3 nitrogen and oxygen atoms in total. The molecule has 0 spiro atoms. The smallest absolute Gasteiger partial charge is 0.303 e. The van der Waals surface area contributed by atoms with Crippen LogP contribution in [0.1, 0.15) is 12.8 Å². The van der Waals surface area contributed by atoms with Crippen molar-refractivity contribution in [1.82, 2.24) is 0 Å². The first-order valence-corrected chi connectivity index (χ1v) is 5.26. The normalized spacial score (nSPS) is 10.0. The zero-order valence-corrected chi connectivity index (χ0v) is 9.48. The standard InChI is InChI=1S/C10H11Cl2NO2/c11-7-3-1-4-8(12)10(7)13-6-2-5-9(14)15/h1,3-4,13H,2,5-6H2,(H,14,15). The van der Waals surface area contributed by atoms with Crippen LogP contribution in [0.4, 0.5) is 5.69 Å². The number of aliphatic carboxylic acids is 1. The molecule has 5 heteroatoms. The summed E-state index contributed by atoms with van der Waals surface area (Å²) in [6.45, 7) is 0.537. The Bertz CT molecular complexity index is 335. The number of para-hydroxylation sites is 1. The number of hydrogen-bond acceptors (Lipinski definition) is 2. The summed E-state index contributed by atoms with van der Waals surface area (Å²) in [6, 6.07) is 5.22. The van der Waals surface area contributed by atoms with Crippen molar-refractivity contribution in [1.29, 1.82) is 0 Å². The van der Waals surface area contributed by atoms with E-state index in [1.807, 2.05) is 0 Å². The van der Waals surface area contributed by atoms with Gasteiger partial charge in [-0.3, -0.25) is 4.79 Å². The molecule has 0 bridgehead atoms. The van der Waals surface area contributed by atoms with E-state index >= 15 is 0 Å². The molecule has 1 rings (SSSR count). The third-order valence-electron chi connectivity index (χ3n) is 1.83. The van der Waals surface area contributed by atoms with Gasteiger partial charge in [-0.1, -0.05) is 29.3 Å². The van der Waals surface area contributed by atoms with Gasteiger partial charge in [-0.15, -0.1) is 0 Å². The highest BCUT2D eigenvalue weighted by atomic mass is 35.5. The topological polar surface area (TPSA) is 49.3 Å². The largest absolute Gasteiger partial charge is 0.481 e. The average molecular weight is 248 g/mol. The highest BCUT2D eigenvalue weighted by Gasteiger charge is 2.04. The quantitative estimate of drug-likeness (QED) is 0.786. The minimum atomic E-state index is -0.804. The van der Waals surface area contributed by atoms with E-state index in [0.717, 1.165) is 0 Å². The average Bonchev–Trinajstić information content (AvgIpc) is 2.15. The predicted octanol–water partition coefficient (Wildman–Crippen LogP) is 3.27. The number of carboxylic acids is 1. The van der Waals surface area contributed by atoms with Crippen molar-refractivity contribution >= 4 is 34.9 Å². The number of rotatable bonds is 5. The summed E-state index contributed by atoms with van der Waals surface area (Å²) in [5, 5.41) is 12.5. The Morgan fingerprint density at radius 1 is 1.33 bits per heavy atom. The molecular formula is C10H11Cl2NO2. The van der Waals surface area contributed by atoms with Crippen LogP contribution >= 0.6 is 23.2 Å². The molecular weight excluding hydrogens is 237 g/mol. The molecule has 0 aliphatic carbocycles. The molecule has 0 fully saturated rings. The van der Waals surface area contributed by atoms with Crippen molar-refractivity contribution in [3.05, 3.63) is 28.2 Å². The van der Waals surface area contributed by atoms with Gasteiger partial charge in [0, 0.05) is 13.0 Å². The van der Waals surface area contributed by atoms with E-state index in [9.17, 15) is 4.79 Å². The van der Waals surface area contributed by atoms with Gasteiger partial charge in [-0.25, -0.2) is 0 Å². The number of anilines is 1. The maximum atomic E-state index is 10.3. The fourth-order valence-electron chi connectivity index (χ4n) is 1.12. The van der Waals surface area contributed by atoms with Crippen molar-refractivity contribution in [2.75, 3.05) is 11.9 Å². The Labute approximate surface area is 98.0 Å². The van der Waals surface area contributed by atoms with Crippen molar-refractivity contribution in [2.45, 2.75) is 12.8 Å². The van der Waals surface area contributed by atoms with Gasteiger partial charge >= 0.3 is 5.97 Å². The van der Waals surface area contributed by atoms with Gasteiger partial charge in [0.15, 0.2) is 0 Å². The Morgan fingerprint density at radius 2 is 1.93 bits per heavy atom. The van der Waals surface area contributed by atoms with Gasteiger partial charge in [0.2, 0.25) is 0 Å². The van der Waals surface area contributed by atoms with Gasteiger partial charge in [0.25, 0.3) is 0 Å². The van der Waals surface area contributed by atoms with E-state index in [1.165, 1.54) is 0 Å². The minimum Gasteiger partial charge on any atom is -0.481 e. The number of nitrogens with one attached hydrogen (secondary N) is 1. The second kappa shape index (κ2) is 5.83. The third kappa shape index (κ3) is 3.98. The molecule has 1 aromatic carbocycles. The Hall–Kier alpha value is -0.930. The lowest BCUT2D eigenvalue weighted by molar-refractivity contribution is -0.137. The Morgan fingerprint density at radius 3 is 2.47 bits per heavy atom. The summed E-state index contributed by atoms with van der Waals surface area (Å²) >= 11 is 11.8. The molecule has 82 valence electrons. The second-order valence-electron chi connectivity index (χ2n) is 3.02. The first kappa shape index (κ1) is 12.1. The monoisotopic (exact) mass is 247 g/mol. The van der Waals surface area contributed by atoms with Crippen LogP contribution in [0.2, 0.25) is 10.0 Å². The maximum absolute atomic E-state index is 10.3. The van der Waals surface area contributed by atoms with Crippen molar-refractivity contribution in [3.8, 4) is 0 Å². The molecule has 0 radical (unpaired) electrons. The van der Waals surface area contributed by atoms with Gasteiger partial charge in [-0.05, 0) is 18.6 Å². The summed E-state index contributed by atoms with van der Waals surface area (Å²) in [5.41, 5.74) is 0.659. The van der Waals surface area contributed by atoms with E-state index in [-0.39, 0.29) is 6.42 Å². The molecule has 0 aliphatic heterocycles. The highest BCUT2D eigenvalue weighted by Crippen LogP contribution is 2.29. The molecule has 1 aromatic rings. The van der Waals surface area contributed by atoms with E-state index in [1.54, 1.807) is 18.2 Å². The summed E-state index contributed by atoms with van der Waals surface area (Å²) in [7, 11) is 0. The molecule has 0 saturated carbocycles. The van der Waals surface area contributed by atoms with Gasteiger partial charge in [0.1, 0.15) is 0 Å². The number of hydrogen-bond donors (Lipinski definition) is 2. The van der Waals surface area contributed by atoms with Crippen LogP contribution in [0.5, 0.6) is 0 Å². The van der Waals surface area contributed by atoms with E-state index < -0.39 is 5.97 Å². The SMILES string of the molecule is O=C(O)CCCNc1c(Cl)cccc1Cl. The minimum absolute atomic E-state index is 0.134. The highest BCUT2D eigenvalue weighted by molar-refractivity contribution is 6.39. The van der Waals surface area contributed by atoms with Crippen molar-refractivity contribution in [2.24, 2.45) is 0 Å². The lowest BCUT2D eigenvalue weighted by Crippen LogP contribution is -2.05. The molecule has 0 aliphatic rings. The van der Waals surface area contributed by atoms with Crippen LogP contribution in [0.15, 0.2) is 18.2 Å². The summed E-state index contributed by atoms with van der Waals surface area (Å²) in [5.74, 6) is -0.804. The lowest BCUT2D eigenvalue weighted by atomic mass is 10.3. The number of halogens is 2. The fourth-order valence-corrected chi connectivity index (χ4v) is 1.65. The Kier molecular flexibility index (Phi) is 4.72. The number of carboxylic acid groups (broad SMARTS) is 1. The number of benzene rings is 1. The van der Waals surface area contributed by atoms with E-state index in [2.05, 4.69) is 5.32 Å². The second-order valence-corrected chi connectivity index (χ2v) is 3.84. The molecule has 0 aromatic heterocycles. The summed E-state index contributed by atoms with van der Waals surface area (Å²) in [4.78, 5) is 10.3. The predicted molar refractivity (Wildman–Crippen MR) is 61.8 cm³/mol. The maximum Gasteiger partial charge on any atom is 0.303 e. The number of carbonyl (C=O) groups is 1. The van der Waals surface area contributed by atoms with Gasteiger partial charge in [0.05, 0.1) is 15.7 Å². The zero-order valence-electron chi connectivity index (χ0n) is 7.96. The Balaban J connectivity index is 2.47. The fraction of sp³-hybridized carbons (Fsp3) is 0.300. The molecule has 0 amide bonds. The van der Waals surface area contributed by atoms with Crippen LogP contribution in [-0.2, 0) is 4.79 Å². The first-order chi connectivity index (χ1) is 7.11. The first-order valence-electron chi connectivity index (χ1n) is 4.51. The van der Waals surface area contributed by atoms with Crippen LogP contribution in [0.25, 0.3) is 0 Å². The lowest BCUT2D eigenvalue weighted by Gasteiger charge is -2.09. The molecule has 0 saturated heterocycles. The third-order valence-corrected chi connectivity index (χ3v) is 2.46. The molecule has 0 unspecified atom stereocenters. The van der Waals surface area contributed by atoms with Crippen LogP contribution in [0.3, 0.4) is 0 Å². The van der Waals surface area contributed by atoms with E-state index in [0.29, 0.717) is 28.7 Å². The summed E-state index contributed by atoms with van der Waals surface area (Å²) in [6.07, 6.45) is 0.673. The molecule has 0 heterocycles. The molecule has 0 atom stereocenters. The van der Waals surface area contributed by atoms with Crippen LogP contribution in [0, 0.1) is 0 Å². The van der Waals surface area contributed by atoms with Crippen molar-refractivity contribution < 1.29 is 9.90 Å². The molecule has 2 N–H and O–H groups in total. The van der Waals surface area contributed by atoms with Gasteiger partial charge in [-0.2, -0.15) is 0 Å². The zero-order chi connectivity index (χ0) is 11.3. The summed E-state index contributed by atoms with van der Waals surface area (Å²) < 4.78 is 0. The van der Waals surface area contributed by atoms with E-state index in [4.69, 9.17) is 28.3 Å². The van der Waals surface area contributed by atoms with Crippen LogP contribution < -0.4 is 5.32 Å².